The number of hydrogen-bond donors (Lipinski definition) is 2. The number of para-hydroxylation sites is 1. The van der Waals surface area contributed by atoms with E-state index in [1.807, 2.05) is 30.3 Å². The van der Waals surface area contributed by atoms with Gasteiger partial charge in [-0.05, 0) is 55.7 Å². The summed E-state index contributed by atoms with van der Waals surface area (Å²) in [6, 6.07) is 15.9. The minimum Gasteiger partial charge on any atom is -0.457 e. The monoisotopic (exact) mass is 392 g/mol. The number of hydrogen-bond acceptors (Lipinski definition) is 5. The number of amides is 2. The fourth-order valence-corrected chi connectivity index (χ4v) is 3.45. The number of piperidine rings is 1. The maximum atomic E-state index is 12.7. The van der Waals surface area contributed by atoms with E-state index in [-0.39, 0.29) is 18.2 Å². The summed E-state index contributed by atoms with van der Waals surface area (Å²) < 4.78 is 5.76. The number of likely N-dealkylation sites (tertiary alicyclic amines) is 1. The highest BCUT2D eigenvalue weighted by molar-refractivity contribution is 6.05. The van der Waals surface area contributed by atoms with Gasteiger partial charge in [-0.1, -0.05) is 18.2 Å². The number of aliphatic imine (C=N–C) groups is 1. The standard InChI is InChI=1S/C22H24N4O3/c27-20-15-19(24-22(25-20)26-13-5-2-6-14-26)21(28)23-16-9-11-18(12-10-16)29-17-7-3-1-4-8-17/h1,3-4,7-12,19H,2,5-6,13-15H2,(H,23,28)(H,24,25,27)/t19-/m1/s1. The van der Waals surface area contributed by atoms with Crippen LogP contribution in [0.2, 0.25) is 0 Å². The number of carbonyl (C=O) groups is 2. The lowest BCUT2D eigenvalue weighted by atomic mass is 10.1. The van der Waals surface area contributed by atoms with E-state index in [4.69, 9.17) is 4.74 Å². The number of benzene rings is 2. The lowest BCUT2D eigenvalue weighted by Gasteiger charge is -2.32. The van der Waals surface area contributed by atoms with Crippen molar-refractivity contribution in [1.82, 2.24) is 10.2 Å². The van der Waals surface area contributed by atoms with Gasteiger partial charge < -0.3 is 15.0 Å². The fraction of sp³-hybridized carbons (Fsp3) is 0.318. The summed E-state index contributed by atoms with van der Waals surface area (Å²) in [4.78, 5) is 31.3. The molecule has 1 fully saturated rings. The van der Waals surface area contributed by atoms with Gasteiger partial charge in [-0.25, -0.2) is 4.99 Å². The summed E-state index contributed by atoms with van der Waals surface area (Å²) in [5, 5.41) is 5.65. The molecule has 2 aliphatic heterocycles. The molecule has 2 aromatic rings. The number of anilines is 1. The van der Waals surface area contributed by atoms with Crippen molar-refractivity contribution in [3.05, 3.63) is 54.6 Å². The van der Waals surface area contributed by atoms with Crippen LogP contribution in [-0.2, 0) is 9.59 Å². The molecule has 7 heteroatoms. The Hall–Kier alpha value is -3.35. The molecule has 1 saturated heterocycles. The molecule has 0 aliphatic carbocycles. The fourth-order valence-electron chi connectivity index (χ4n) is 3.45. The zero-order valence-electron chi connectivity index (χ0n) is 16.1. The van der Waals surface area contributed by atoms with Gasteiger partial charge in [-0.3, -0.25) is 14.9 Å². The molecule has 2 aliphatic rings. The predicted octanol–water partition coefficient (Wildman–Crippen LogP) is 3.15. The first-order valence-electron chi connectivity index (χ1n) is 9.94. The number of ether oxygens (including phenoxy) is 1. The maximum absolute atomic E-state index is 12.7. The third kappa shape index (κ3) is 4.93. The summed E-state index contributed by atoms with van der Waals surface area (Å²) in [5.74, 6) is 1.49. The van der Waals surface area contributed by atoms with Gasteiger partial charge in [0.05, 0.1) is 6.42 Å². The van der Waals surface area contributed by atoms with E-state index in [9.17, 15) is 9.59 Å². The Labute approximate surface area is 169 Å². The van der Waals surface area contributed by atoms with Gasteiger partial charge in [-0.15, -0.1) is 0 Å². The van der Waals surface area contributed by atoms with E-state index in [0.717, 1.165) is 31.7 Å². The average Bonchev–Trinajstić information content (AvgIpc) is 2.76. The molecule has 2 heterocycles. The average molecular weight is 392 g/mol. The van der Waals surface area contributed by atoms with E-state index in [2.05, 4.69) is 20.5 Å². The van der Waals surface area contributed by atoms with Crippen LogP contribution in [0.25, 0.3) is 0 Å². The van der Waals surface area contributed by atoms with Crippen LogP contribution in [0.15, 0.2) is 59.6 Å². The quantitative estimate of drug-likeness (QED) is 0.837. The second-order valence-electron chi connectivity index (χ2n) is 7.20. The first kappa shape index (κ1) is 19.0. The van der Waals surface area contributed by atoms with Crippen LogP contribution in [0.4, 0.5) is 5.69 Å². The van der Waals surface area contributed by atoms with Crippen LogP contribution in [0, 0.1) is 0 Å². The molecule has 150 valence electrons. The number of carbonyl (C=O) groups excluding carboxylic acids is 2. The van der Waals surface area contributed by atoms with Crippen molar-refractivity contribution in [3.8, 4) is 11.5 Å². The molecule has 2 N–H and O–H groups in total. The van der Waals surface area contributed by atoms with Crippen molar-refractivity contribution in [3.63, 3.8) is 0 Å². The Bertz CT molecular complexity index is 890. The molecule has 0 bridgehead atoms. The first-order valence-corrected chi connectivity index (χ1v) is 9.94. The first-order chi connectivity index (χ1) is 14.2. The van der Waals surface area contributed by atoms with Gasteiger partial charge in [0.25, 0.3) is 0 Å². The molecule has 2 amide bonds. The molecule has 1 atom stereocenters. The topological polar surface area (TPSA) is 83.0 Å². The highest BCUT2D eigenvalue weighted by atomic mass is 16.5. The SMILES string of the molecule is O=C1C[C@H](C(=O)Nc2ccc(Oc3ccccc3)cc2)N=C(N2CCCCC2)N1. The van der Waals surface area contributed by atoms with Gasteiger partial charge in [0.2, 0.25) is 17.8 Å². The molecular weight excluding hydrogens is 368 g/mol. The third-order valence-corrected chi connectivity index (χ3v) is 4.97. The Kier molecular flexibility index (Phi) is 5.74. The van der Waals surface area contributed by atoms with E-state index in [0.29, 0.717) is 17.4 Å². The van der Waals surface area contributed by atoms with Gasteiger partial charge >= 0.3 is 0 Å². The minimum absolute atomic E-state index is 0.0539. The van der Waals surface area contributed by atoms with E-state index < -0.39 is 6.04 Å². The van der Waals surface area contributed by atoms with Crippen LogP contribution in [0.3, 0.4) is 0 Å². The van der Waals surface area contributed by atoms with Crippen LogP contribution in [-0.4, -0.2) is 41.8 Å². The van der Waals surface area contributed by atoms with Gasteiger partial charge in [-0.2, -0.15) is 0 Å². The van der Waals surface area contributed by atoms with Crippen molar-refractivity contribution < 1.29 is 14.3 Å². The van der Waals surface area contributed by atoms with Crippen molar-refractivity contribution in [2.24, 2.45) is 4.99 Å². The summed E-state index contributed by atoms with van der Waals surface area (Å²) in [6.07, 6.45) is 3.39. The van der Waals surface area contributed by atoms with E-state index in [1.165, 1.54) is 6.42 Å². The number of guanidine groups is 1. The molecule has 7 nitrogen and oxygen atoms in total. The molecule has 0 saturated carbocycles. The number of nitrogens with zero attached hydrogens (tertiary/aromatic N) is 2. The molecule has 0 spiro atoms. The smallest absolute Gasteiger partial charge is 0.249 e. The summed E-state index contributed by atoms with van der Waals surface area (Å²) in [7, 11) is 0. The second-order valence-corrected chi connectivity index (χ2v) is 7.20. The Morgan fingerprint density at radius 3 is 2.41 bits per heavy atom. The second kappa shape index (κ2) is 8.77. The highest BCUT2D eigenvalue weighted by Gasteiger charge is 2.29. The molecule has 2 aromatic carbocycles. The largest absolute Gasteiger partial charge is 0.457 e. The van der Waals surface area contributed by atoms with E-state index >= 15 is 0 Å². The van der Waals surface area contributed by atoms with Crippen LogP contribution in [0.1, 0.15) is 25.7 Å². The zero-order valence-corrected chi connectivity index (χ0v) is 16.1. The van der Waals surface area contributed by atoms with Gasteiger partial charge in [0.1, 0.15) is 17.5 Å². The Morgan fingerprint density at radius 1 is 1.00 bits per heavy atom. The van der Waals surface area contributed by atoms with Crippen molar-refractivity contribution in [1.29, 1.82) is 0 Å². The van der Waals surface area contributed by atoms with E-state index in [1.54, 1.807) is 24.3 Å². The maximum Gasteiger partial charge on any atom is 0.249 e. The molecule has 4 rings (SSSR count). The number of rotatable bonds is 4. The molecular formula is C22H24N4O3. The third-order valence-electron chi connectivity index (χ3n) is 4.97. The molecule has 0 radical (unpaired) electrons. The molecule has 29 heavy (non-hydrogen) atoms. The lowest BCUT2D eigenvalue weighted by molar-refractivity contribution is -0.125. The van der Waals surface area contributed by atoms with Gasteiger partial charge in [0, 0.05) is 18.8 Å². The Morgan fingerprint density at radius 2 is 1.69 bits per heavy atom. The number of nitrogens with one attached hydrogen (secondary N) is 2. The summed E-state index contributed by atoms with van der Waals surface area (Å²) in [5.41, 5.74) is 0.635. The van der Waals surface area contributed by atoms with Crippen LogP contribution in [0.5, 0.6) is 11.5 Å². The van der Waals surface area contributed by atoms with Crippen LogP contribution >= 0.6 is 0 Å². The van der Waals surface area contributed by atoms with Gasteiger partial charge in [0.15, 0.2) is 0 Å². The summed E-state index contributed by atoms with van der Waals surface area (Å²) in [6.45, 7) is 1.71. The summed E-state index contributed by atoms with van der Waals surface area (Å²) >= 11 is 0. The zero-order chi connectivity index (χ0) is 20.1. The van der Waals surface area contributed by atoms with Crippen LogP contribution < -0.4 is 15.4 Å². The minimum atomic E-state index is -0.721. The normalized spacial score (nSPS) is 19.2. The van der Waals surface area contributed by atoms with Crippen molar-refractivity contribution in [2.45, 2.75) is 31.7 Å². The van der Waals surface area contributed by atoms with Crippen molar-refractivity contribution in [2.75, 3.05) is 18.4 Å². The molecule has 0 unspecified atom stereocenters. The predicted molar refractivity (Wildman–Crippen MR) is 111 cm³/mol. The molecule has 0 aromatic heterocycles. The lowest BCUT2D eigenvalue weighted by Crippen LogP contribution is -2.51. The Balaban J connectivity index is 1.39. The van der Waals surface area contributed by atoms with Crippen molar-refractivity contribution >= 4 is 23.5 Å². The highest BCUT2D eigenvalue weighted by Crippen LogP contribution is 2.23.